The number of nitrogens with one attached hydrogen (secondary N) is 1. The van der Waals surface area contributed by atoms with Crippen LogP contribution >= 0.6 is 0 Å². The van der Waals surface area contributed by atoms with Crippen molar-refractivity contribution in [2.24, 2.45) is 0 Å². The maximum atomic E-state index is 12.4. The minimum absolute atomic E-state index is 0.102. The van der Waals surface area contributed by atoms with Crippen LogP contribution in [0.3, 0.4) is 0 Å². The first-order valence-electron chi connectivity index (χ1n) is 20.5. The zero-order valence-electron chi connectivity index (χ0n) is 32.4. The van der Waals surface area contributed by atoms with Crippen LogP contribution in [0.5, 0.6) is 0 Å². The molecule has 4 heteroatoms. The lowest BCUT2D eigenvalue weighted by Crippen LogP contribution is -2.45. The van der Waals surface area contributed by atoms with Gasteiger partial charge in [-0.25, -0.2) is 0 Å². The molecule has 284 valence electrons. The Balaban J connectivity index is 3.76. The lowest BCUT2D eigenvalue weighted by molar-refractivity contribution is -0.123. The van der Waals surface area contributed by atoms with Gasteiger partial charge < -0.3 is 15.5 Å². The predicted octanol–water partition coefficient (Wildman–Crippen LogP) is 12.7. The van der Waals surface area contributed by atoms with Crippen molar-refractivity contribution in [3.05, 3.63) is 97.2 Å². The van der Waals surface area contributed by atoms with E-state index in [0.29, 0.717) is 6.42 Å². The fourth-order valence-electron chi connectivity index (χ4n) is 5.41. The van der Waals surface area contributed by atoms with Gasteiger partial charge in [0, 0.05) is 6.42 Å². The molecule has 0 aliphatic rings. The Morgan fingerprint density at radius 2 is 0.900 bits per heavy atom. The first-order valence-corrected chi connectivity index (χ1v) is 20.5. The van der Waals surface area contributed by atoms with Crippen molar-refractivity contribution in [2.75, 3.05) is 6.61 Å². The van der Waals surface area contributed by atoms with Gasteiger partial charge in [-0.2, -0.15) is 0 Å². The number of rotatable bonds is 35. The number of unbranched alkanes of at least 4 members (excludes halogenated alkanes) is 14. The lowest BCUT2D eigenvalue weighted by atomic mass is 10.1. The topological polar surface area (TPSA) is 69.6 Å². The highest BCUT2D eigenvalue weighted by Crippen LogP contribution is 2.10. The normalized spacial score (nSPS) is 14.1. The van der Waals surface area contributed by atoms with Gasteiger partial charge in [0.05, 0.1) is 18.8 Å². The van der Waals surface area contributed by atoms with E-state index in [-0.39, 0.29) is 12.5 Å². The molecule has 0 aromatic carbocycles. The van der Waals surface area contributed by atoms with E-state index in [4.69, 9.17) is 0 Å². The minimum Gasteiger partial charge on any atom is -0.394 e. The van der Waals surface area contributed by atoms with E-state index in [1.54, 1.807) is 6.08 Å². The second-order valence-electron chi connectivity index (χ2n) is 13.3. The van der Waals surface area contributed by atoms with Crippen LogP contribution in [-0.2, 0) is 4.79 Å². The zero-order valence-corrected chi connectivity index (χ0v) is 32.4. The third kappa shape index (κ3) is 36.6. The summed E-state index contributed by atoms with van der Waals surface area (Å²) in [5, 5.41) is 22.9. The molecule has 4 nitrogen and oxygen atoms in total. The quantitative estimate of drug-likeness (QED) is 0.0458. The monoisotopic (exact) mass is 692 g/mol. The van der Waals surface area contributed by atoms with Crippen LogP contribution < -0.4 is 5.32 Å². The van der Waals surface area contributed by atoms with Gasteiger partial charge in [0.1, 0.15) is 0 Å². The fourth-order valence-corrected chi connectivity index (χ4v) is 5.41. The highest BCUT2D eigenvalue weighted by atomic mass is 16.3. The first kappa shape index (κ1) is 47.3. The van der Waals surface area contributed by atoms with Gasteiger partial charge in [-0.3, -0.25) is 4.79 Å². The summed E-state index contributed by atoms with van der Waals surface area (Å²) in [6.07, 6.45) is 60.7. The summed E-state index contributed by atoms with van der Waals surface area (Å²) < 4.78 is 0. The highest BCUT2D eigenvalue weighted by molar-refractivity contribution is 5.76. The molecular weight excluding hydrogens is 615 g/mol. The van der Waals surface area contributed by atoms with E-state index in [0.717, 1.165) is 83.5 Å². The van der Waals surface area contributed by atoms with Gasteiger partial charge >= 0.3 is 0 Å². The van der Waals surface area contributed by atoms with Crippen molar-refractivity contribution in [1.82, 2.24) is 5.32 Å². The van der Waals surface area contributed by atoms with E-state index in [1.807, 2.05) is 6.08 Å². The number of aliphatic hydroxyl groups excluding tert-OH is 2. The third-order valence-corrected chi connectivity index (χ3v) is 8.53. The summed E-state index contributed by atoms with van der Waals surface area (Å²) in [6, 6.07) is -0.661. The number of amides is 1. The van der Waals surface area contributed by atoms with E-state index in [1.165, 1.54) is 64.2 Å². The average Bonchev–Trinajstić information content (AvgIpc) is 3.12. The van der Waals surface area contributed by atoms with Crippen LogP contribution in [0.15, 0.2) is 97.2 Å². The Morgan fingerprint density at radius 3 is 1.40 bits per heavy atom. The van der Waals surface area contributed by atoms with Crippen molar-refractivity contribution in [3.63, 3.8) is 0 Å². The molecule has 0 heterocycles. The van der Waals surface area contributed by atoms with Gasteiger partial charge in [0.2, 0.25) is 5.91 Å². The number of hydrogen-bond acceptors (Lipinski definition) is 3. The summed E-state index contributed by atoms with van der Waals surface area (Å²) in [6.45, 7) is 4.14. The van der Waals surface area contributed by atoms with Crippen LogP contribution in [0, 0.1) is 0 Å². The van der Waals surface area contributed by atoms with Crippen LogP contribution in [-0.4, -0.2) is 34.9 Å². The number of carbonyl (C=O) groups excluding carboxylic acids is 1. The third-order valence-electron chi connectivity index (χ3n) is 8.53. The molecule has 0 saturated carbocycles. The van der Waals surface area contributed by atoms with Crippen LogP contribution in [0.2, 0.25) is 0 Å². The van der Waals surface area contributed by atoms with Crippen molar-refractivity contribution < 1.29 is 15.0 Å². The Kier molecular flexibility index (Phi) is 38.5. The van der Waals surface area contributed by atoms with Crippen molar-refractivity contribution >= 4 is 5.91 Å². The minimum atomic E-state index is -0.884. The largest absolute Gasteiger partial charge is 0.394 e. The molecule has 2 unspecified atom stereocenters. The SMILES string of the molecule is CC/C=C\C/C=C\C/C=C\C/C=C\C/C=C\CCCCCCCC(=O)NC(CO)C(O)/C=C/CC/C=C/CC/C=C/CCCCCCCCC. The summed E-state index contributed by atoms with van der Waals surface area (Å²) in [4.78, 5) is 12.4. The van der Waals surface area contributed by atoms with Gasteiger partial charge in [-0.15, -0.1) is 0 Å². The highest BCUT2D eigenvalue weighted by Gasteiger charge is 2.17. The number of allylic oxidation sites excluding steroid dienone is 15. The molecule has 0 spiro atoms. The molecular formula is C46H77NO3. The maximum absolute atomic E-state index is 12.4. The molecule has 0 rings (SSSR count). The Labute approximate surface area is 309 Å². The number of carbonyl (C=O) groups is 1. The van der Waals surface area contributed by atoms with Crippen LogP contribution in [0.4, 0.5) is 0 Å². The van der Waals surface area contributed by atoms with E-state index in [2.05, 4.69) is 104 Å². The van der Waals surface area contributed by atoms with E-state index < -0.39 is 12.1 Å². The molecule has 0 aliphatic carbocycles. The van der Waals surface area contributed by atoms with Crippen molar-refractivity contribution in [3.8, 4) is 0 Å². The summed E-state index contributed by atoms with van der Waals surface area (Å²) >= 11 is 0. The standard InChI is InChI=1S/C46H77NO3/c1-3-5-7-9-11-13-15-17-19-21-22-23-24-26-28-30-32-34-36-38-40-42-46(50)47-44(43-48)45(49)41-39-37-35-33-31-29-27-25-20-18-16-14-12-10-8-6-4-2/h5,7,11,13,17,19-20,22-23,25-26,28,31,33,39,41,44-45,48-49H,3-4,6,8-10,12,14-16,18,21,24,27,29-30,32,34-38,40,42-43H2,1-2H3,(H,47,50)/b7-5-,13-11-,19-17-,23-22-,25-20+,28-26-,33-31+,41-39+. The summed E-state index contributed by atoms with van der Waals surface area (Å²) in [5.41, 5.74) is 0. The van der Waals surface area contributed by atoms with Crippen LogP contribution in [0.25, 0.3) is 0 Å². The second kappa shape index (κ2) is 40.7. The summed E-state index contributed by atoms with van der Waals surface area (Å²) in [5.74, 6) is -0.102. The van der Waals surface area contributed by atoms with Crippen molar-refractivity contribution in [2.45, 2.75) is 180 Å². The molecule has 2 atom stereocenters. The molecule has 3 N–H and O–H groups in total. The van der Waals surface area contributed by atoms with Gasteiger partial charge in [-0.05, 0) is 89.9 Å². The molecule has 0 bridgehead atoms. The smallest absolute Gasteiger partial charge is 0.220 e. The average molecular weight is 692 g/mol. The van der Waals surface area contributed by atoms with E-state index >= 15 is 0 Å². The molecule has 1 amide bonds. The Hall–Kier alpha value is -2.69. The van der Waals surface area contributed by atoms with E-state index in [9.17, 15) is 15.0 Å². The molecule has 0 aromatic heterocycles. The fraction of sp³-hybridized carbons (Fsp3) is 0.630. The van der Waals surface area contributed by atoms with Crippen molar-refractivity contribution in [1.29, 1.82) is 0 Å². The molecule has 0 radical (unpaired) electrons. The predicted molar refractivity (Wildman–Crippen MR) is 220 cm³/mol. The first-order chi connectivity index (χ1) is 24.7. The molecule has 0 fully saturated rings. The van der Waals surface area contributed by atoms with Gasteiger partial charge in [0.15, 0.2) is 0 Å². The Morgan fingerprint density at radius 1 is 0.500 bits per heavy atom. The number of hydrogen-bond donors (Lipinski definition) is 3. The Bertz CT molecular complexity index is 968. The maximum Gasteiger partial charge on any atom is 0.220 e. The van der Waals surface area contributed by atoms with Crippen LogP contribution in [0.1, 0.15) is 168 Å². The molecule has 0 aliphatic heterocycles. The van der Waals surface area contributed by atoms with Gasteiger partial charge in [0.25, 0.3) is 0 Å². The molecule has 0 aromatic rings. The lowest BCUT2D eigenvalue weighted by Gasteiger charge is -2.19. The number of aliphatic hydroxyl groups is 2. The molecule has 0 saturated heterocycles. The molecule has 50 heavy (non-hydrogen) atoms. The zero-order chi connectivity index (χ0) is 36.4. The summed E-state index contributed by atoms with van der Waals surface area (Å²) in [7, 11) is 0. The second-order valence-corrected chi connectivity index (χ2v) is 13.3. The van der Waals surface area contributed by atoms with Gasteiger partial charge in [-0.1, -0.05) is 169 Å².